The highest BCUT2D eigenvalue weighted by Crippen LogP contribution is 2.33. The number of amides is 2. The minimum atomic E-state index is -4.51. The second-order valence-electron chi connectivity index (χ2n) is 5.99. The zero-order valence-electron chi connectivity index (χ0n) is 13.5. The van der Waals surface area contributed by atoms with Crippen LogP contribution in [-0.4, -0.2) is 23.5 Å². The second kappa shape index (κ2) is 6.70. The summed E-state index contributed by atoms with van der Waals surface area (Å²) >= 11 is 0. The van der Waals surface area contributed by atoms with Crippen LogP contribution in [0.25, 0.3) is 0 Å². The van der Waals surface area contributed by atoms with Gasteiger partial charge in [-0.1, -0.05) is 12.1 Å². The van der Waals surface area contributed by atoms with Crippen molar-refractivity contribution in [3.8, 4) is 5.75 Å². The standard InChI is InChI=1S/C18H15F3N2O3/c19-18(20,21)12-3-1-5-14(8-12)23-10-11(7-16(23)25)17(26)22-13-4-2-6-15(24)9-13/h1-6,8-9,11,24H,7,10H2,(H,22,26)/t11-/m1/s1. The number of phenolic OH excluding ortho intramolecular Hbond substituents is 1. The molecule has 0 unspecified atom stereocenters. The molecular formula is C18H15F3N2O3. The van der Waals surface area contributed by atoms with Crippen molar-refractivity contribution in [1.29, 1.82) is 0 Å². The van der Waals surface area contributed by atoms with Crippen molar-refractivity contribution in [2.75, 3.05) is 16.8 Å². The quantitative estimate of drug-likeness (QED) is 0.877. The highest BCUT2D eigenvalue weighted by atomic mass is 19.4. The van der Waals surface area contributed by atoms with Gasteiger partial charge in [0.05, 0.1) is 11.5 Å². The fourth-order valence-electron chi connectivity index (χ4n) is 2.81. The number of hydrogen-bond acceptors (Lipinski definition) is 3. The molecule has 0 radical (unpaired) electrons. The summed E-state index contributed by atoms with van der Waals surface area (Å²) in [4.78, 5) is 25.7. The topological polar surface area (TPSA) is 69.6 Å². The van der Waals surface area contributed by atoms with Gasteiger partial charge in [-0.05, 0) is 30.3 Å². The largest absolute Gasteiger partial charge is 0.508 e. The lowest BCUT2D eigenvalue weighted by Gasteiger charge is -2.18. The number of anilines is 2. The number of benzene rings is 2. The van der Waals surface area contributed by atoms with Crippen LogP contribution < -0.4 is 10.2 Å². The van der Waals surface area contributed by atoms with E-state index in [-0.39, 0.29) is 24.4 Å². The Morgan fingerprint density at radius 2 is 1.88 bits per heavy atom. The molecule has 1 heterocycles. The first kappa shape index (κ1) is 17.8. The average molecular weight is 364 g/mol. The van der Waals surface area contributed by atoms with Crippen LogP contribution in [0.3, 0.4) is 0 Å². The molecule has 2 N–H and O–H groups in total. The van der Waals surface area contributed by atoms with Gasteiger partial charge in [-0.15, -0.1) is 0 Å². The van der Waals surface area contributed by atoms with Gasteiger partial charge in [0.15, 0.2) is 0 Å². The number of nitrogens with one attached hydrogen (secondary N) is 1. The second-order valence-corrected chi connectivity index (χ2v) is 5.99. The molecule has 1 aliphatic heterocycles. The smallest absolute Gasteiger partial charge is 0.416 e. The number of halogens is 3. The third-order valence-corrected chi connectivity index (χ3v) is 4.09. The van der Waals surface area contributed by atoms with E-state index in [2.05, 4.69) is 5.32 Å². The number of phenols is 1. The summed E-state index contributed by atoms with van der Waals surface area (Å²) < 4.78 is 38.5. The molecule has 8 heteroatoms. The van der Waals surface area contributed by atoms with Crippen LogP contribution in [0.5, 0.6) is 5.75 Å². The molecular weight excluding hydrogens is 349 g/mol. The molecule has 0 bridgehead atoms. The van der Waals surface area contributed by atoms with E-state index in [9.17, 15) is 27.9 Å². The van der Waals surface area contributed by atoms with E-state index < -0.39 is 29.5 Å². The van der Waals surface area contributed by atoms with Crippen LogP contribution in [0, 0.1) is 5.92 Å². The Labute approximate surface area is 147 Å². The molecule has 1 fully saturated rings. The van der Waals surface area contributed by atoms with Crippen LogP contribution in [0.15, 0.2) is 48.5 Å². The molecule has 0 saturated carbocycles. The summed E-state index contributed by atoms with van der Waals surface area (Å²) in [6, 6.07) is 10.4. The van der Waals surface area contributed by atoms with Crippen molar-refractivity contribution in [2.24, 2.45) is 5.92 Å². The fourth-order valence-corrected chi connectivity index (χ4v) is 2.81. The first-order chi connectivity index (χ1) is 12.2. The highest BCUT2D eigenvalue weighted by Gasteiger charge is 2.37. The first-order valence-electron chi connectivity index (χ1n) is 7.81. The Kier molecular flexibility index (Phi) is 4.58. The van der Waals surface area contributed by atoms with E-state index >= 15 is 0 Å². The summed E-state index contributed by atoms with van der Waals surface area (Å²) in [7, 11) is 0. The Morgan fingerprint density at radius 3 is 2.58 bits per heavy atom. The first-order valence-corrected chi connectivity index (χ1v) is 7.81. The summed E-state index contributed by atoms with van der Waals surface area (Å²) in [5, 5.41) is 12.0. The number of aromatic hydroxyl groups is 1. The van der Waals surface area contributed by atoms with Gasteiger partial charge in [0.1, 0.15) is 5.75 Å². The number of carbonyl (C=O) groups excluding carboxylic acids is 2. The van der Waals surface area contributed by atoms with Crippen molar-refractivity contribution in [1.82, 2.24) is 0 Å². The summed E-state index contributed by atoms with van der Waals surface area (Å²) in [5.41, 5.74) is -0.368. The van der Waals surface area contributed by atoms with Crippen molar-refractivity contribution >= 4 is 23.2 Å². The van der Waals surface area contributed by atoms with Gasteiger partial charge >= 0.3 is 6.18 Å². The number of alkyl halides is 3. The molecule has 5 nitrogen and oxygen atoms in total. The number of rotatable bonds is 3. The van der Waals surface area contributed by atoms with Crippen LogP contribution >= 0.6 is 0 Å². The van der Waals surface area contributed by atoms with Crippen LogP contribution in [0.1, 0.15) is 12.0 Å². The van der Waals surface area contributed by atoms with Crippen molar-refractivity contribution in [2.45, 2.75) is 12.6 Å². The van der Waals surface area contributed by atoms with E-state index in [0.717, 1.165) is 12.1 Å². The third kappa shape index (κ3) is 3.79. The molecule has 2 amide bonds. The molecule has 1 atom stereocenters. The van der Waals surface area contributed by atoms with E-state index in [0.29, 0.717) is 5.69 Å². The lowest BCUT2D eigenvalue weighted by atomic mass is 10.1. The predicted octanol–water partition coefficient (Wildman–Crippen LogP) is 3.40. The van der Waals surface area contributed by atoms with Gasteiger partial charge in [0.25, 0.3) is 0 Å². The van der Waals surface area contributed by atoms with Crippen molar-refractivity contribution in [3.63, 3.8) is 0 Å². The van der Waals surface area contributed by atoms with Crippen LogP contribution in [0.4, 0.5) is 24.5 Å². The molecule has 3 rings (SSSR count). The number of carbonyl (C=O) groups is 2. The minimum Gasteiger partial charge on any atom is -0.508 e. The van der Waals surface area contributed by atoms with Crippen LogP contribution in [-0.2, 0) is 15.8 Å². The van der Waals surface area contributed by atoms with Crippen molar-refractivity contribution < 1.29 is 27.9 Å². The van der Waals surface area contributed by atoms with Gasteiger partial charge < -0.3 is 15.3 Å². The van der Waals surface area contributed by atoms with Gasteiger partial charge in [-0.3, -0.25) is 9.59 Å². The van der Waals surface area contributed by atoms with Crippen LogP contribution in [0.2, 0.25) is 0 Å². The predicted molar refractivity (Wildman–Crippen MR) is 88.6 cm³/mol. The minimum absolute atomic E-state index is 0.00913. The highest BCUT2D eigenvalue weighted by molar-refractivity contribution is 6.03. The maximum absolute atomic E-state index is 12.8. The third-order valence-electron chi connectivity index (χ3n) is 4.09. The Hall–Kier alpha value is -3.03. The van der Waals surface area contributed by atoms with Crippen molar-refractivity contribution in [3.05, 3.63) is 54.1 Å². The van der Waals surface area contributed by atoms with E-state index in [1.165, 1.54) is 29.2 Å². The monoisotopic (exact) mass is 364 g/mol. The Balaban J connectivity index is 1.73. The lowest BCUT2D eigenvalue weighted by molar-refractivity contribution is -0.137. The molecule has 1 aliphatic rings. The van der Waals surface area contributed by atoms with Gasteiger partial charge in [0, 0.05) is 30.4 Å². The SMILES string of the molecule is O=C(Nc1cccc(O)c1)[C@@H]1CC(=O)N(c2cccc(C(F)(F)F)c2)C1. The number of hydrogen-bond donors (Lipinski definition) is 2. The van der Waals surface area contributed by atoms with Gasteiger partial charge in [0.2, 0.25) is 11.8 Å². The maximum Gasteiger partial charge on any atom is 0.416 e. The molecule has 26 heavy (non-hydrogen) atoms. The number of nitrogens with zero attached hydrogens (tertiary/aromatic N) is 1. The molecule has 0 aromatic heterocycles. The van der Waals surface area contributed by atoms with Gasteiger partial charge in [-0.2, -0.15) is 13.2 Å². The summed E-state index contributed by atoms with van der Waals surface area (Å²) in [5.74, 6) is -1.56. The van der Waals surface area contributed by atoms with Gasteiger partial charge in [-0.25, -0.2) is 0 Å². The van der Waals surface area contributed by atoms with E-state index in [1.54, 1.807) is 12.1 Å². The zero-order valence-corrected chi connectivity index (χ0v) is 13.5. The molecule has 2 aromatic carbocycles. The zero-order chi connectivity index (χ0) is 18.9. The molecule has 2 aromatic rings. The summed E-state index contributed by atoms with van der Waals surface area (Å²) in [6.45, 7) is -0.00913. The average Bonchev–Trinajstić information content (AvgIpc) is 2.96. The van der Waals surface area contributed by atoms with E-state index in [1.807, 2.05) is 0 Å². The molecule has 1 saturated heterocycles. The molecule has 0 aliphatic carbocycles. The Bertz CT molecular complexity index is 852. The maximum atomic E-state index is 12.8. The summed E-state index contributed by atoms with van der Waals surface area (Å²) in [6.07, 6.45) is -4.61. The normalized spacial score (nSPS) is 17.4. The molecule has 136 valence electrons. The van der Waals surface area contributed by atoms with E-state index in [4.69, 9.17) is 0 Å². The molecule has 0 spiro atoms. The lowest BCUT2D eigenvalue weighted by Crippen LogP contribution is -2.28. The Morgan fingerprint density at radius 1 is 1.15 bits per heavy atom. The fraction of sp³-hybridized carbons (Fsp3) is 0.222.